The Bertz CT molecular complexity index is 1870. The van der Waals surface area contributed by atoms with E-state index in [-0.39, 0.29) is 68.5 Å². The van der Waals surface area contributed by atoms with Crippen LogP contribution in [0.3, 0.4) is 0 Å². The number of allylic oxidation sites excluding steroid dienone is 3. The van der Waals surface area contributed by atoms with Gasteiger partial charge in [0.2, 0.25) is 0 Å². The first-order valence-electron chi connectivity index (χ1n) is 24.3. The summed E-state index contributed by atoms with van der Waals surface area (Å²) in [5, 5.41) is 81.3. The number of carbonyl (C=O) groups excluding carboxylic acids is 1. The van der Waals surface area contributed by atoms with Crippen molar-refractivity contribution in [3.8, 4) is 11.8 Å². The van der Waals surface area contributed by atoms with Crippen molar-refractivity contribution in [1.82, 2.24) is 10.6 Å². The van der Waals surface area contributed by atoms with E-state index in [4.69, 9.17) is 10.5 Å². The number of rotatable bonds is 10. The summed E-state index contributed by atoms with van der Waals surface area (Å²) in [6.45, 7) is 5.84. The summed E-state index contributed by atoms with van der Waals surface area (Å²) in [5.41, 5.74) is 0.179. The number of hydrogen-bond donors (Lipinski definition) is 9. The summed E-state index contributed by atoms with van der Waals surface area (Å²) in [5.74, 6) is 7.03. The predicted octanol–water partition coefficient (Wildman–Crippen LogP) is 4.77. The molecule has 2 heterocycles. The van der Waals surface area contributed by atoms with Gasteiger partial charge < -0.3 is 51.7 Å². The molecule has 5 saturated carbocycles. The Morgan fingerprint density at radius 1 is 1.00 bits per heavy atom. The first-order valence-corrected chi connectivity index (χ1v) is 24.3. The molecule has 0 amide bonds. The maximum absolute atomic E-state index is 15.8. The highest BCUT2D eigenvalue weighted by Crippen LogP contribution is 2.75. The fourth-order valence-electron chi connectivity index (χ4n) is 16.0. The van der Waals surface area contributed by atoms with Gasteiger partial charge in [-0.25, -0.2) is 0 Å². The second-order valence-electron chi connectivity index (χ2n) is 21.9. The van der Waals surface area contributed by atoms with Gasteiger partial charge in [0.25, 0.3) is 0 Å². The molecule has 8 aliphatic carbocycles. The molecule has 61 heavy (non-hydrogen) atoms. The number of nitrogens with one attached hydrogen (secondary N) is 2. The molecule has 1 saturated heterocycles. The standard InChI is InChI=1S/C50H75N3O8/c1-4-9-31-11-14-33-34-10-5-6-22-50(60,44(34)61-38(33)15-12-31)45(3,58)39-19-25-49(59)41-35-18-24-46(39,49)20-7-8-21-48(43(57)42(41)53-28-30(2)54)27-37(56)36(55)26-47(35,48)23-17-32-13-16-40(51)52-29-32/h13,16,29-31,33-40,44,52-56,58-60H,4-6,9-12,14-15,17-28,51H2,1-3H3. The number of dihydropyridines is 1. The van der Waals surface area contributed by atoms with Gasteiger partial charge in [-0.05, 0) is 144 Å². The Balaban J connectivity index is 1.15. The number of aliphatic hydroxyl groups excluding tert-OH is 3. The van der Waals surface area contributed by atoms with Gasteiger partial charge in [-0.2, -0.15) is 0 Å². The average Bonchev–Trinajstić information content (AvgIpc) is 3.59. The van der Waals surface area contributed by atoms with E-state index in [0.29, 0.717) is 61.6 Å². The van der Waals surface area contributed by atoms with Crippen molar-refractivity contribution in [3.63, 3.8) is 0 Å². The largest absolute Gasteiger partial charge is 0.392 e. The van der Waals surface area contributed by atoms with Gasteiger partial charge in [-0.15, -0.1) is 11.8 Å². The molecule has 0 radical (unpaired) electrons. The number of Topliss-reactive ketones (excluding diaryl/α,β-unsaturated/α-hetero) is 1. The Hall–Kier alpha value is -2.27. The molecule has 0 aromatic rings. The maximum atomic E-state index is 15.8. The quantitative estimate of drug-likeness (QED) is 0.137. The number of hydrogen-bond acceptors (Lipinski definition) is 11. The molecule has 4 bridgehead atoms. The minimum Gasteiger partial charge on any atom is -0.392 e. The molecule has 10 N–H and O–H groups in total. The molecule has 11 nitrogen and oxygen atoms in total. The van der Waals surface area contributed by atoms with Crippen molar-refractivity contribution in [2.45, 2.75) is 203 Å². The van der Waals surface area contributed by atoms with Crippen LogP contribution in [0.4, 0.5) is 0 Å². The van der Waals surface area contributed by atoms with E-state index in [9.17, 15) is 30.6 Å². The normalized spacial score (nSPS) is 47.9. The van der Waals surface area contributed by atoms with Crippen LogP contribution in [-0.2, 0) is 9.53 Å². The number of nitrogens with two attached hydrogens (primary N) is 1. The van der Waals surface area contributed by atoms with Crippen molar-refractivity contribution < 1.29 is 40.2 Å². The molecular formula is C50H75N3O8. The van der Waals surface area contributed by atoms with Gasteiger partial charge in [0.05, 0.1) is 59.0 Å². The van der Waals surface area contributed by atoms with Crippen LogP contribution in [0.2, 0.25) is 0 Å². The van der Waals surface area contributed by atoms with Gasteiger partial charge in [-0.3, -0.25) is 4.79 Å². The fourth-order valence-corrected chi connectivity index (χ4v) is 16.0. The Kier molecular flexibility index (Phi) is 11.5. The second-order valence-corrected chi connectivity index (χ2v) is 21.9. The summed E-state index contributed by atoms with van der Waals surface area (Å²) < 4.78 is 7.09. The van der Waals surface area contributed by atoms with Crippen LogP contribution in [0.1, 0.15) is 149 Å². The molecule has 2 spiro atoms. The molecule has 2 aliphatic heterocycles. The lowest BCUT2D eigenvalue weighted by Gasteiger charge is -2.67. The summed E-state index contributed by atoms with van der Waals surface area (Å²) in [6, 6.07) is 0. The van der Waals surface area contributed by atoms with Gasteiger partial charge in [0, 0.05) is 36.9 Å². The molecule has 6 fully saturated rings. The highest BCUT2D eigenvalue weighted by Gasteiger charge is 2.77. The number of aliphatic hydroxyl groups is 6. The zero-order valence-corrected chi connectivity index (χ0v) is 37.0. The van der Waals surface area contributed by atoms with Gasteiger partial charge in [0.1, 0.15) is 5.60 Å². The van der Waals surface area contributed by atoms with E-state index < -0.39 is 63.4 Å². The van der Waals surface area contributed by atoms with Crippen LogP contribution >= 0.6 is 0 Å². The van der Waals surface area contributed by atoms with E-state index in [2.05, 4.69) is 29.4 Å². The van der Waals surface area contributed by atoms with E-state index in [0.717, 1.165) is 44.1 Å². The first kappa shape index (κ1) is 44.0. The average molecular weight is 846 g/mol. The molecule has 338 valence electrons. The third-order valence-electron chi connectivity index (χ3n) is 19.0. The number of fused-ring (bicyclic) bond motifs is 7. The van der Waals surface area contributed by atoms with Gasteiger partial charge in [0.15, 0.2) is 5.78 Å². The number of ether oxygens (including phenoxy) is 1. The zero-order chi connectivity index (χ0) is 43.2. The van der Waals surface area contributed by atoms with Crippen LogP contribution in [0, 0.1) is 57.7 Å². The SMILES string of the molecule is CCCC1CCC2OC3C(CCCCC3(O)C(C)(O)C3CCC4(O)C5=C(NCC(C)O)C(=O)C67CC#CCC34CCC5C6(CCC3=CNC(N)C=C3)CC(O)C(O)C7)C2CC1. The molecule has 11 heteroatoms. The molecular weight excluding hydrogens is 771 g/mol. The van der Waals surface area contributed by atoms with Gasteiger partial charge in [-0.1, -0.05) is 45.1 Å². The maximum Gasteiger partial charge on any atom is 0.186 e. The Morgan fingerprint density at radius 3 is 2.52 bits per heavy atom. The monoisotopic (exact) mass is 846 g/mol. The van der Waals surface area contributed by atoms with Crippen molar-refractivity contribution in [2.75, 3.05) is 6.54 Å². The van der Waals surface area contributed by atoms with Crippen LogP contribution in [-0.4, -0.2) is 96.5 Å². The topological polar surface area (TPSA) is 198 Å². The Morgan fingerprint density at radius 2 is 1.77 bits per heavy atom. The van der Waals surface area contributed by atoms with Crippen molar-refractivity contribution in [2.24, 2.45) is 51.6 Å². The lowest BCUT2D eigenvalue weighted by atomic mass is 9.37. The van der Waals surface area contributed by atoms with Crippen molar-refractivity contribution in [3.05, 3.63) is 35.2 Å². The minimum absolute atomic E-state index is 0.0427. The summed E-state index contributed by atoms with van der Waals surface area (Å²) in [4.78, 5) is 15.8. The smallest absolute Gasteiger partial charge is 0.186 e. The zero-order valence-electron chi connectivity index (χ0n) is 37.0. The number of carbonyl (C=O) groups is 1. The van der Waals surface area contributed by atoms with Crippen molar-refractivity contribution >= 4 is 5.78 Å². The lowest BCUT2D eigenvalue weighted by molar-refractivity contribution is -0.255. The first-order chi connectivity index (χ1) is 29.1. The molecule has 10 rings (SSSR count). The van der Waals surface area contributed by atoms with Crippen LogP contribution in [0.5, 0.6) is 0 Å². The third-order valence-corrected chi connectivity index (χ3v) is 19.0. The van der Waals surface area contributed by atoms with Crippen LogP contribution in [0.25, 0.3) is 0 Å². The summed E-state index contributed by atoms with van der Waals surface area (Å²) >= 11 is 0. The second kappa shape index (κ2) is 16.0. The highest BCUT2D eigenvalue weighted by molar-refractivity contribution is 6.03. The van der Waals surface area contributed by atoms with E-state index in [1.165, 1.54) is 19.3 Å². The van der Waals surface area contributed by atoms with Crippen LogP contribution < -0.4 is 16.4 Å². The molecule has 17 unspecified atom stereocenters. The minimum atomic E-state index is -1.66. The van der Waals surface area contributed by atoms with Crippen LogP contribution in [0.15, 0.2) is 35.2 Å². The summed E-state index contributed by atoms with van der Waals surface area (Å²) in [7, 11) is 0. The number of ketones is 1. The molecule has 0 aromatic carbocycles. The molecule has 17 atom stereocenters. The molecule has 10 aliphatic rings. The van der Waals surface area contributed by atoms with E-state index in [1.807, 2.05) is 25.3 Å². The highest BCUT2D eigenvalue weighted by atomic mass is 16.5. The van der Waals surface area contributed by atoms with E-state index >= 15 is 4.79 Å². The predicted molar refractivity (Wildman–Crippen MR) is 232 cm³/mol. The van der Waals surface area contributed by atoms with E-state index in [1.54, 1.807) is 6.92 Å². The molecule has 0 aromatic heterocycles. The fraction of sp³-hybridized carbons (Fsp3) is 0.820. The van der Waals surface area contributed by atoms with Crippen molar-refractivity contribution in [1.29, 1.82) is 0 Å². The van der Waals surface area contributed by atoms with Gasteiger partial charge >= 0.3 is 0 Å². The third kappa shape index (κ3) is 6.53. The Labute approximate surface area is 363 Å². The lowest BCUT2D eigenvalue weighted by Crippen LogP contribution is -2.71. The summed E-state index contributed by atoms with van der Waals surface area (Å²) in [6.07, 6.45) is 15.6.